The first-order chi connectivity index (χ1) is 15.8. The van der Waals surface area contributed by atoms with Gasteiger partial charge in [-0.1, -0.05) is 19.0 Å². The van der Waals surface area contributed by atoms with Crippen LogP contribution in [0.1, 0.15) is 81.9 Å². The number of benzene rings is 2. The van der Waals surface area contributed by atoms with E-state index in [-0.39, 0.29) is 24.1 Å². The van der Waals surface area contributed by atoms with Crippen LogP contribution in [0.5, 0.6) is 0 Å². The van der Waals surface area contributed by atoms with E-state index in [0.717, 1.165) is 28.8 Å². The van der Waals surface area contributed by atoms with Gasteiger partial charge in [0, 0.05) is 12.6 Å². The number of nitrogens with zero attached hydrogens (tertiary/aromatic N) is 2. The van der Waals surface area contributed by atoms with Crippen LogP contribution in [0.15, 0.2) is 18.2 Å². The quantitative estimate of drug-likeness (QED) is 0.440. The minimum atomic E-state index is -0.989. The van der Waals surface area contributed by atoms with Crippen molar-refractivity contribution in [3.05, 3.63) is 74.3 Å². The number of fused-ring (bicyclic) bond motifs is 1. The van der Waals surface area contributed by atoms with E-state index >= 15 is 0 Å². The van der Waals surface area contributed by atoms with Crippen LogP contribution in [0.25, 0.3) is 4.85 Å². The Labute approximate surface area is 196 Å². The molecule has 2 aromatic rings. The molecule has 0 spiro atoms. The molecule has 4 heteroatoms. The molecule has 172 valence electrons. The molecule has 0 amide bonds. The summed E-state index contributed by atoms with van der Waals surface area (Å²) in [7, 11) is 2.10. The number of halogens is 1. The molecule has 3 atom stereocenters. The summed E-state index contributed by atoms with van der Waals surface area (Å²) >= 11 is 0. The van der Waals surface area contributed by atoms with Gasteiger partial charge in [-0.3, -0.25) is 0 Å². The number of hydrogen-bond donors (Lipinski definition) is 0. The molecule has 1 heterocycles. The van der Waals surface area contributed by atoms with Gasteiger partial charge in [-0.05, 0) is 113 Å². The topological polar surface area (TPSA) is 16.8 Å². The lowest BCUT2D eigenvalue weighted by Gasteiger charge is -2.37. The summed E-state index contributed by atoms with van der Waals surface area (Å²) in [5, 5.41) is 0. The predicted molar refractivity (Wildman–Crippen MR) is 130 cm³/mol. The van der Waals surface area contributed by atoms with Crippen LogP contribution in [0.2, 0.25) is 0 Å². The Balaban J connectivity index is 2.36. The Hall–Kier alpha value is -2.22. The smallest absolute Gasteiger partial charge is 0.193 e. The number of hydrogen-bond acceptors (Lipinski definition) is 2. The Morgan fingerprint density at radius 2 is 1.81 bits per heavy atom. The normalized spacial score (nSPS) is 22.0. The number of rotatable bonds is 6. The lowest BCUT2D eigenvalue weighted by Crippen LogP contribution is -2.36. The highest BCUT2D eigenvalue weighted by Crippen LogP contribution is 2.54. The van der Waals surface area contributed by atoms with Gasteiger partial charge >= 0.3 is 0 Å². The molecule has 2 unspecified atom stereocenters. The zero-order valence-electron chi connectivity index (χ0n) is 22.9. The van der Waals surface area contributed by atoms with Crippen LogP contribution in [0, 0.1) is 46.0 Å². The molecule has 3 rings (SSSR count). The lowest BCUT2D eigenvalue weighted by atomic mass is 9.75. The maximum atomic E-state index is 14.8. The van der Waals surface area contributed by atoms with Crippen LogP contribution >= 0.6 is 0 Å². The van der Waals surface area contributed by atoms with Crippen molar-refractivity contribution in [2.75, 3.05) is 13.6 Å². The van der Waals surface area contributed by atoms with E-state index in [2.05, 4.69) is 37.6 Å². The molecule has 0 saturated heterocycles. The number of ether oxygens (including phenoxy) is 1. The van der Waals surface area contributed by atoms with Gasteiger partial charge in [0.2, 0.25) is 0 Å². The predicted octanol–water partition coefficient (Wildman–Crippen LogP) is 7.31. The van der Waals surface area contributed by atoms with Gasteiger partial charge in [0.05, 0.1) is 15.4 Å². The largest absolute Gasteiger partial charge is 0.358 e. The molecular formula is C28H37FN2O. The average Bonchev–Trinajstić information content (AvgIpc) is 3.02. The summed E-state index contributed by atoms with van der Waals surface area (Å²) in [5.41, 5.74) is 4.97. The molecule has 3 nitrogen and oxygen atoms in total. The fraction of sp³-hybridized carbons (Fsp3) is 0.536. The summed E-state index contributed by atoms with van der Waals surface area (Å²) in [6.45, 7) is 24.4. The van der Waals surface area contributed by atoms with Crippen molar-refractivity contribution in [1.82, 2.24) is 4.90 Å². The number of aryl methyl sites for hydroxylation is 1. The summed E-state index contributed by atoms with van der Waals surface area (Å²) in [6, 6.07) is 1.91. The SMILES string of the molecule is [2H]c1c([2H])c([C@]2(CC(C)CN(C)C(C)C)OC(C)c3c2cc(C)c([N+]#[C-])c3C)c(C)c(C)c1F. The van der Waals surface area contributed by atoms with Gasteiger partial charge in [0.25, 0.3) is 0 Å². The van der Waals surface area contributed by atoms with E-state index in [0.29, 0.717) is 34.8 Å². The summed E-state index contributed by atoms with van der Waals surface area (Å²) in [6.07, 6.45) is 0.305. The third-order valence-corrected chi connectivity index (χ3v) is 7.20. The summed E-state index contributed by atoms with van der Waals surface area (Å²) < 4.78 is 38.8. The Morgan fingerprint density at radius 3 is 2.41 bits per heavy atom. The van der Waals surface area contributed by atoms with E-state index in [1.54, 1.807) is 6.92 Å². The fourth-order valence-electron chi connectivity index (χ4n) is 5.21. The molecule has 2 aromatic carbocycles. The van der Waals surface area contributed by atoms with Crippen LogP contribution in [0.4, 0.5) is 10.1 Å². The van der Waals surface area contributed by atoms with Crippen molar-refractivity contribution in [3.8, 4) is 0 Å². The Morgan fingerprint density at radius 1 is 1.16 bits per heavy atom. The summed E-state index contributed by atoms with van der Waals surface area (Å²) in [4.78, 5) is 6.06. The third-order valence-electron chi connectivity index (χ3n) is 7.20. The molecule has 0 aromatic heterocycles. The molecule has 0 radical (unpaired) electrons. The van der Waals surface area contributed by atoms with E-state index < -0.39 is 11.4 Å². The van der Waals surface area contributed by atoms with E-state index in [4.69, 9.17) is 14.1 Å². The minimum absolute atomic E-state index is 0.116. The lowest BCUT2D eigenvalue weighted by molar-refractivity contribution is -0.0568. The maximum absolute atomic E-state index is 14.8. The second-order valence-electron chi connectivity index (χ2n) is 9.86. The van der Waals surface area contributed by atoms with Crippen LogP contribution in [0.3, 0.4) is 0 Å². The molecule has 0 N–H and O–H groups in total. The zero-order valence-corrected chi connectivity index (χ0v) is 20.9. The second-order valence-corrected chi connectivity index (χ2v) is 9.86. The standard InChI is InChI=1S/C28H37FN2O/c1-16(2)31(10)15-17(3)14-28(23-11-12-25(29)20(6)19(23)5)24-13-18(4)27(30-9)21(7)26(24)22(8)32-28/h11-13,16-17,22H,14-15H2,1-8,10H3/t17?,22?,28-/m0/s1/i11D,12D. The molecule has 32 heavy (non-hydrogen) atoms. The van der Waals surface area contributed by atoms with E-state index in [1.807, 2.05) is 33.8 Å². The third kappa shape index (κ3) is 3.98. The molecule has 0 saturated carbocycles. The van der Waals surface area contributed by atoms with Crippen molar-refractivity contribution in [3.63, 3.8) is 0 Å². The molecule has 0 bridgehead atoms. The van der Waals surface area contributed by atoms with Gasteiger partial charge in [0.1, 0.15) is 11.4 Å². The van der Waals surface area contributed by atoms with Gasteiger partial charge in [-0.2, -0.15) is 0 Å². The van der Waals surface area contributed by atoms with E-state index in [1.165, 1.54) is 0 Å². The first-order valence-electron chi connectivity index (χ1n) is 12.4. The van der Waals surface area contributed by atoms with Crippen molar-refractivity contribution in [2.24, 2.45) is 5.92 Å². The minimum Gasteiger partial charge on any atom is -0.358 e. The average molecular weight is 439 g/mol. The van der Waals surface area contributed by atoms with Gasteiger partial charge < -0.3 is 9.64 Å². The molecule has 1 aliphatic heterocycles. The monoisotopic (exact) mass is 438 g/mol. The summed E-state index contributed by atoms with van der Waals surface area (Å²) in [5.74, 6) is -0.444. The fourth-order valence-corrected chi connectivity index (χ4v) is 5.21. The van der Waals surface area contributed by atoms with Crippen molar-refractivity contribution >= 4 is 5.69 Å². The van der Waals surface area contributed by atoms with Crippen molar-refractivity contribution in [1.29, 1.82) is 0 Å². The van der Waals surface area contributed by atoms with Crippen LogP contribution < -0.4 is 0 Å². The molecular weight excluding hydrogens is 399 g/mol. The van der Waals surface area contributed by atoms with Gasteiger partial charge in [0.15, 0.2) is 5.69 Å². The first-order valence-corrected chi connectivity index (χ1v) is 11.4. The molecule has 0 aliphatic carbocycles. The first kappa shape index (κ1) is 21.6. The van der Waals surface area contributed by atoms with Crippen molar-refractivity contribution < 1.29 is 11.9 Å². The van der Waals surface area contributed by atoms with Gasteiger partial charge in [-0.25, -0.2) is 9.24 Å². The zero-order chi connectivity index (χ0) is 25.7. The van der Waals surface area contributed by atoms with Crippen LogP contribution in [-0.2, 0) is 10.3 Å². The highest BCUT2D eigenvalue weighted by atomic mass is 19.1. The Kier molecular flexibility index (Phi) is 6.05. The highest BCUT2D eigenvalue weighted by Gasteiger charge is 2.48. The van der Waals surface area contributed by atoms with Crippen molar-refractivity contribution in [2.45, 2.75) is 79.6 Å². The molecule has 1 aliphatic rings. The Bertz CT molecular complexity index is 1140. The highest BCUT2D eigenvalue weighted by molar-refractivity contribution is 5.66. The molecule has 0 fully saturated rings. The van der Waals surface area contributed by atoms with E-state index in [9.17, 15) is 4.39 Å². The maximum Gasteiger partial charge on any atom is 0.193 e. The second kappa shape index (κ2) is 8.96. The van der Waals surface area contributed by atoms with Gasteiger partial charge in [-0.15, -0.1) is 0 Å². The van der Waals surface area contributed by atoms with Crippen LogP contribution in [-0.4, -0.2) is 24.5 Å².